The Hall–Kier alpha value is -2.50. The van der Waals surface area contributed by atoms with Crippen LogP contribution in [0, 0.1) is 6.92 Å². The Labute approximate surface area is 179 Å². The third-order valence-electron chi connectivity index (χ3n) is 5.60. The molecule has 4 N–H and O–H groups in total. The molecule has 2 aromatic rings. The number of carboxylic acids is 1. The van der Waals surface area contributed by atoms with Crippen LogP contribution in [-0.4, -0.2) is 83.3 Å². The summed E-state index contributed by atoms with van der Waals surface area (Å²) in [7, 11) is 2.12. The summed E-state index contributed by atoms with van der Waals surface area (Å²) in [5, 5.41) is 12.9. The van der Waals surface area contributed by atoms with Crippen molar-refractivity contribution in [1.29, 1.82) is 0 Å². The highest BCUT2D eigenvalue weighted by molar-refractivity contribution is 7.17. The van der Waals surface area contributed by atoms with E-state index in [4.69, 9.17) is 15.7 Å². The number of carbonyl (C=O) groups is 1. The van der Waals surface area contributed by atoms with Gasteiger partial charge in [-0.15, -0.1) is 0 Å². The third kappa shape index (κ3) is 4.63. The van der Waals surface area contributed by atoms with Crippen molar-refractivity contribution in [1.82, 2.24) is 19.9 Å². The zero-order valence-corrected chi connectivity index (χ0v) is 18.2. The van der Waals surface area contributed by atoms with Gasteiger partial charge in [-0.3, -0.25) is 5.32 Å². The smallest absolute Gasteiger partial charge is 0.347 e. The minimum absolute atomic E-state index is 0.220. The first-order chi connectivity index (χ1) is 14.4. The standard InChI is InChI=1S/C19H28N8O2S/c1-12-16(17(28)29)30-19(21-12)24-18-22-14(26-5-3-13(20)4-6-26)11-15(23-18)27-9-7-25(2)8-10-27/h11,13H,3-10,20H2,1-2H3,(H,28,29)(H,21,22,23,24). The van der Waals surface area contributed by atoms with E-state index in [0.29, 0.717) is 16.8 Å². The molecule has 0 saturated carbocycles. The van der Waals surface area contributed by atoms with Gasteiger partial charge in [0.25, 0.3) is 0 Å². The first-order valence-electron chi connectivity index (χ1n) is 10.2. The van der Waals surface area contributed by atoms with Crippen LogP contribution in [0.4, 0.5) is 22.7 Å². The summed E-state index contributed by atoms with van der Waals surface area (Å²) in [6, 6.07) is 2.29. The average Bonchev–Trinajstić information content (AvgIpc) is 3.09. The van der Waals surface area contributed by atoms with Gasteiger partial charge in [0.2, 0.25) is 5.95 Å². The quantitative estimate of drug-likeness (QED) is 0.638. The van der Waals surface area contributed by atoms with Crippen molar-refractivity contribution in [3.05, 3.63) is 16.6 Å². The minimum atomic E-state index is -0.976. The van der Waals surface area contributed by atoms with Gasteiger partial charge in [-0.05, 0) is 26.8 Å². The average molecular weight is 433 g/mol. The number of nitrogens with zero attached hydrogens (tertiary/aromatic N) is 6. The van der Waals surface area contributed by atoms with Gasteiger partial charge in [0, 0.05) is 51.4 Å². The fraction of sp³-hybridized carbons (Fsp3) is 0.579. The molecule has 0 bridgehead atoms. The monoisotopic (exact) mass is 432 g/mol. The molecule has 0 aliphatic carbocycles. The van der Waals surface area contributed by atoms with E-state index in [9.17, 15) is 9.90 Å². The first-order valence-corrected chi connectivity index (χ1v) is 11.0. The predicted molar refractivity (Wildman–Crippen MR) is 118 cm³/mol. The minimum Gasteiger partial charge on any atom is -0.477 e. The number of thiazole rings is 1. The molecule has 0 atom stereocenters. The number of nitrogens with two attached hydrogens (primary N) is 1. The Morgan fingerprint density at radius 1 is 1.10 bits per heavy atom. The topological polar surface area (TPSA) is 124 Å². The van der Waals surface area contributed by atoms with Gasteiger partial charge < -0.3 is 25.5 Å². The highest BCUT2D eigenvalue weighted by Crippen LogP contribution is 2.28. The molecule has 11 heteroatoms. The van der Waals surface area contributed by atoms with Crippen LogP contribution in [0.5, 0.6) is 0 Å². The maximum atomic E-state index is 11.3. The zero-order valence-electron chi connectivity index (χ0n) is 17.3. The lowest BCUT2D eigenvalue weighted by Gasteiger charge is -2.35. The zero-order chi connectivity index (χ0) is 21.3. The van der Waals surface area contributed by atoms with E-state index in [-0.39, 0.29) is 10.9 Å². The molecule has 0 spiro atoms. The SMILES string of the molecule is Cc1nc(Nc2nc(N3CCC(N)CC3)cc(N3CCN(C)CC3)n2)sc1C(=O)O. The van der Waals surface area contributed by atoms with Crippen LogP contribution in [0.1, 0.15) is 28.2 Å². The first kappa shape index (κ1) is 20.8. The van der Waals surface area contributed by atoms with E-state index < -0.39 is 5.97 Å². The number of hydrogen-bond acceptors (Lipinski definition) is 10. The van der Waals surface area contributed by atoms with E-state index in [2.05, 4.69) is 32.0 Å². The molecule has 30 heavy (non-hydrogen) atoms. The van der Waals surface area contributed by atoms with Crippen molar-refractivity contribution < 1.29 is 9.90 Å². The van der Waals surface area contributed by atoms with Crippen LogP contribution in [0.25, 0.3) is 0 Å². The van der Waals surface area contributed by atoms with Crippen molar-refractivity contribution in [2.75, 3.05) is 61.4 Å². The third-order valence-corrected chi connectivity index (χ3v) is 6.66. The fourth-order valence-electron chi connectivity index (χ4n) is 3.71. The molecular formula is C19H28N8O2S. The van der Waals surface area contributed by atoms with Crippen LogP contribution in [0.3, 0.4) is 0 Å². The largest absolute Gasteiger partial charge is 0.477 e. The molecule has 2 aromatic heterocycles. The summed E-state index contributed by atoms with van der Waals surface area (Å²) < 4.78 is 0. The number of piperidine rings is 1. The van der Waals surface area contributed by atoms with E-state index in [0.717, 1.165) is 75.1 Å². The highest BCUT2D eigenvalue weighted by Gasteiger charge is 2.22. The Morgan fingerprint density at radius 2 is 1.70 bits per heavy atom. The van der Waals surface area contributed by atoms with Gasteiger partial charge in [0.05, 0.1) is 5.69 Å². The van der Waals surface area contributed by atoms with E-state index >= 15 is 0 Å². The second-order valence-corrected chi connectivity index (χ2v) is 8.89. The molecule has 2 saturated heterocycles. The Bertz CT molecular complexity index is 864. The molecule has 4 heterocycles. The van der Waals surface area contributed by atoms with E-state index in [1.54, 1.807) is 6.92 Å². The lowest BCUT2D eigenvalue weighted by atomic mass is 10.1. The number of piperazine rings is 1. The van der Waals surface area contributed by atoms with Gasteiger partial charge in [0.15, 0.2) is 5.13 Å². The molecule has 10 nitrogen and oxygen atoms in total. The number of aromatic carboxylic acids is 1. The van der Waals surface area contributed by atoms with Crippen molar-refractivity contribution in [3.8, 4) is 0 Å². The number of aromatic nitrogens is 3. The number of carboxylic acid groups (broad SMARTS) is 1. The number of anilines is 4. The van der Waals surface area contributed by atoms with Crippen molar-refractivity contribution in [2.45, 2.75) is 25.8 Å². The van der Waals surface area contributed by atoms with Gasteiger partial charge in [-0.25, -0.2) is 9.78 Å². The second-order valence-electron chi connectivity index (χ2n) is 7.89. The summed E-state index contributed by atoms with van der Waals surface area (Å²) in [6.07, 6.45) is 1.87. The summed E-state index contributed by atoms with van der Waals surface area (Å²) in [5.41, 5.74) is 6.55. The lowest BCUT2D eigenvalue weighted by Crippen LogP contribution is -2.45. The maximum Gasteiger partial charge on any atom is 0.347 e. The number of aryl methyl sites for hydroxylation is 1. The molecular weight excluding hydrogens is 404 g/mol. The molecule has 0 amide bonds. The molecule has 2 fully saturated rings. The number of hydrogen-bond donors (Lipinski definition) is 3. The van der Waals surface area contributed by atoms with Gasteiger partial charge in [0.1, 0.15) is 16.5 Å². The van der Waals surface area contributed by atoms with Crippen molar-refractivity contribution >= 4 is 40.0 Å². The number of nitrogens with one attached hydrogen (secondary N) is 1. The molecule has 0 aromatic carbocycles. The van der Waals surface area contributed by atoms with Crippen LogP contribution >= 0.6 is 11.3 Å². The predicted octanol–water partition coefficient (Wildman–Crippen LogP) is 1.36. The maximum absolute atomic E-state index is 11.3. The van der Waals surface area contributed by atoms with Crippen LogP contribution in [-0.2, 0) is 0 Å². The molecule has 0 unspecified atom stereocenters. The van der Waals surface area contributed by atoms with E-state index in [1.165, 1.54) is 0 Å². The molecule has 162 valence electrons. The Morgan fingerprint density at radius 3 is 2.27 bits per heavy atom. The molecule has 2 aliphatic rings. The summed E-state index contributed by atoms with van der Waals surface area (Å²) in [5.74, 6) is 1.19. The van der Waals surface area contributed by atoms with E-state index in [1.807, 2.05) is 6.07 Å². The summed E-state index contributed by atoms with van der Waals surface area (Å²) in [6.45, 7) is 7.17. The second kappa shape index (κ2) is 8.70. The van der Waals surface area contributed by atoms with Crippen LogP contribution < -0.4 is 20.9 Å². The molecule has 0 radical (unpaired) electrons. The normalized spacial score (nSPS) is 18.6. The Kier molecular flexibility index (Phi) is 6.02. The van der Waals surface area contributed by atoms with Gasteiger partial charge >= 0.3 is 5.97 Å². The van der Waals surface area contributed by atoms with Crippen molar-refractivity contribution in [2.24, 2.45) is 5.73 Å². The summed E-state index contributed by atoms with van der Waals surface area (Å²) >= 11 is 1.09. The van der Waals surface area contributed by atoms with Gasteiger partial charge in [-0.1, -0.05) is 11.3 Å². The van der Waals surface area contributed by atoms with Crippen LogP contribution in [0.2, 0.25) is 0 Å². The van der Waals surface area contributed by atoms with Crippen LogP contribution in [0.15, 0.2) is 6.07 Å². The Balaban J connectivity index is 1.62. The lowest BCUT2D eigenvalue weighted by molar-refractivity contribution is 0.0701. The number of likely N-dealkylation sites (N-methyl/N-ethyl adjacent to an activating group) is 1. The van der Waals surface area contributed by atoms with Crippen molar-refractivity contribution in [3.63, 3.8) is 0 Å². The highest BCUT2D eigenvalue weighted by atomic mass is 32.1. The fourth-order valence-corrected chi connectivity index (χ4v) is 4.51. The van der Waals surface area contributed by atoms with Gasteiger partial charge in [-0.2, -0.15) is 9.97 Å². The summed E-state index contributed by atoms with van der Waals surface area (Å²) in [4.78, 5) is 32.1. The number of rotatable bonds is 5. The molecule has 4 rings (SSSR count). The molecule has 2 aliphatic heterocycles.